The Hall–Kier alpha value is -3.16. The van der Waals surface area contributed by atoms with Crippen molar-refractivity contribution in [3.63, 3.8) is 0 Å². The fourth-order valence-electron chi connectivity index (χ4n) is 4.13. The van der Waals surface area contributed by atoms with E-state index in [9.17, 15) is 9.59 Å². The number of hydrogen-bond acceptors (Lipinski definition) is 5. The minimum atomic E-state index is -0.343. The largest absolute Gasteiger partial charge is 0.497 e. The zero-order valence-corrected chi connectivity index (χ0v) is 17.5. The van der Waals surface area contributed by atoms with Gasteiger partial charge >= 0.3 is 0 Å². The first-order valence-electron chi connectivity index (χ1n) is 10.4. The van der Waals surface area contributed by atoms with E-state index in [0.717, 1.165) is 24.2 Å². The third-order valence-electron chi connectivity index (χ3n) is 6.22. The first-order valence-corrected chi connectivity index (χ1v) is 10.4. The molecule has 3 atom stereocenters. The number of nitrogens with zero attached hydrogens (tertiary/aromatic N) is 4. The van der Waals surface area contributed by atoms with Crippen molar-refractivity contribution < 1.29 is 9.53 Å². The second-order valence-electron chi connectivity index (χ2n) is 8.12. The van der Waals surface area contributed by atoms with E-state index in [-0.39, 0.29) is 24.1 Å². The van der Waals surface area contributed by atoms with Crippen LogP contribution in [0.2, 0.25) is 0 Å². The van der Waals surface area contributed by atoms with Crippen molar-refractivity contribution in [3.05, 3.63) is 47.0 Å². The molecule has 0 spiro atoms. The molecule has 0 radical (unpaired) electrons. The fraction of sp³-hybridized carbons (Fsp3) is 0.455. The Bertz CT molecular complexity index is 1100. The molecule has 1 amide bonds. The molecule has 1 N–H and O–H groups in total. The number of carbonyl (C=O) groups is 1. The van der Waals surface area contributed by atoms with Crippen molar-refractivity contribution in [2.24, 2.45) is 11.8 Å². The zero-order valence-electron chi connectivity index (χ0n) is 17.5. The van der Waals surface area contributed by atoms with E-state index >= 15 is 0 Å². The predicted octanol–water partition coefficient (Wildman–Crippen LogP) is 2.51. The maximum atomic E-state index is 12.9. The van der Waals surface area contributed by atoms with Crippen LogP contribution in [-0.4, -0.2) is 38.5 Å². The first-order chi connectivity index (χ1) is 14.5. The molecule has 3 aromatic rings. The summed E-state index contributed by atoms with van der Waals surface area (Å²) in [5, 5.41) is 11.7. The van der Waals surface area contributed by atoms with Crippen molar-refractivity contribution >= 4 is 11.4 Å². The quantitative estimate of drug-likeness (QED) is 0.699. The van der Waals surface area contributed by atoms with Crippen LogP contribution in [0, 0.1) is 11.8 Å². The normalized spacial score (nSPS) is 21.5. The van der Waals surface area contributed by atoms with Crippen LogP contribution >= 0.6 is 0 Å². The summed E-state index contributed by atoms with van der Waals surface area (Å²) in [6.45, 7) is 4.30. The molecular weight excluding hydrogens is 382 g/mol. The van der Waals surface area contributed by atoms with Gasteiger partial charge in [-0.1, -0.05) is 26.7 Å². The van der Waals surface area contributed by atoms with Gasteiger partial charge in [-0.2, -0.15) is 10.2 Å². The van der Waals surface area contributed by atoms with Gasteiger partial charge in [0.25, 0.3) is 5.56 Å². The third-order valence-corrected chi connectivity index (χ3v) is 6.22. The Balaban J connectivity index is 1.53. The highest BCUT2D eigenvalue weighted by Crippen LogP contribution is 2.29. The van der Waals surface area contributed by atoms with Crippen molar-refractivity contribution in [2.75, 3.05) is 7.11 Å². The Kier molecular flexibility index (Phi) is 5.57. The SMILES string of the molecule is COc1ccc(-c2cc3c(=O)n(CC(=O)NC4CCCC(C)C4C)ncn3n2)cc1. The van der Waals surface area contributed by atoms with Crippen LogP contribution in [-0.2, 0) is 11.3 Å². The molecule has 1 aliphatic carbocycles. The topological polar surface area (TPSA) is 90.5 Å². The monoisotopic (exact) mass is 409 g/mol. The highest BCUT2D eigenvalue weighted by molar-refractivity contribution is 5.76. The standard InChI is InChI=1S/C22H27N5O3/c1-14-5-4-6-18(15(14)2)24-21(28)12-26-22(29)20-11-19(25-27(20)13-23-26)16-7-9-17(30-3)10-8-16/h7-11,13-15,18H,4-6,12H2,1-3H3,(H,24,28). The van der Waals surface area contributed by atoms with Crippen molar-refractivity contribution in [1.82, 2.24) is 24.7 Å². The van der Waals surface area contributed by atoms with Crippen molar-refractivity contribution in [1.29, 1.82) is 0 Å². The number of benzene rings is 1. The van der Waals surface area contributed by atoms with Crippen LogP contribution in [0.15, 0.2) is 41.5 Å². The van der Waals surface area contributed by atoms with E-state index in [1.807, 2.05) is 24.3 Å². The number of nitrogens with one attached hydrogen (secondary N) is 1. The van der Waals surface area contributed by atoms with Crippen LogP contribution in [0.4, 0.5) is 0 Å². The minimum Gasteiger partial charge on any atom is -0.497 e. The molecule has 0 bridgehead atoms. The summed E-state index contributed by atoms with van der Waals surface area (Å²) < 4.78 is 7.82. The lowest BCUT2D eigenvalue weighted by Gasteiger charge is -2.34. The summed E-state index contributed by atoms with van der Waals surface area (Å²) in [6.07, 6.45) is 4.75. The Labute approximate surface area is 174 Å². The number of hydrogen-bond donors (Lipinski definition) is 1. The Morgan fingerprint density at radius 3 is 2.73 bits per heavy atom. The van der Waals surface area contributed by atoms with Gasteiger partial charge in [0.05, 0.1) is 12.8 Å². The lowest BCUT2D eigenvalue weighted by Crippen LogP contribution is -2.45. The predicted molar refractivity (Wildman–Crippen MR) is 113 cm³/mol. The molecule has 0 saturated heterocycles. The molecular formula is C22H27N5O3. The smallest absolute Gasteiger partial charge is 0.293 e. The van der Waals surface area contributed by atoms with Crippen LogP contribution in [0.1, 0.15) is 33.1 Å². The number of carbonyl (C=O) groups excluding carboxylic acids is 1. The lowest BCUT2D eigenvalue weighted by molar-refractivity contribution is -0.123. The molecule has 158 valence electrons. The maximum Gasteiger partial charge on any atom is 0.293 e. The molecule has 1 aliphatic rings. The Morgan fingerprint density at radius 2 is 2.00 bits per heavy atom. The number of aromatic nitrogens is 4. The van der Waals surface area contributed by atoms with Gasteiger partial charge < -0.3 is 10.1 Å². The zero-order chi connectivity index (χ0) is 21.3. The number of rotatable bonds is 5. The van der Waals surface area contributed by atoms with Gasteiger partial charge in [0.2, 0.25) is 5.91 Å². The van der Waals surface area contributed by atoms with E-state index in [1.54, 1.807) is 13.2 Å². The van der Waals surface area contributed by atoms with E-state index in [4.69, 9.17) is 4.74 Å². The third kappa shape index (κ3) is 3.94. The van der Waals surface area contributed by atoms with Gasteiger partial charge in [-0.15, -0.1) is 0 Å². The van der Waals surface area contributed by atoms with E-state index in [0.29, 0.717) is 23.0 Å². The average molecular weight is 409 g/mol. The van der Waals surface area contributed by atoms with Crippen LogP contribution in [0.5, 0.6) is 5.75 Å². The summed E-state index contributed by atoms with van der Waals surface area (Å²) >= 11 is 0. The highest BCUT2D eigenvalue weighted by Gasteiger charge is 2.28. The van der Waals surface area contributed by atoms with Crippen LogP contribution < -0.4 is 15.6 Å². The summed E-state index contributed by atoms with van der Waals surface area (Å²) in [5.74, 6) is 1.58. The van der Waals surface area contributed by atoms with Gasteiger partial charge in [-0.25, -0.2) is 9.20 Å². The summed E-state index contributed by atoms with van der Waals surface area (Å²) in [7, 11) is 1.61. The molecule has 0 aliphatic heterocycles. The second kappa shape index (κ2) is 8.30. The number of ether oxygens (including phenoxy) is 1. The lowest BCUT2D eigenvalue weighted by atomic mass is 9.78. The maximum absolute atomic E-state index is 12.9. The first kappa shape index (κ1) is 20.1. The van der Waals surface area contributed by atoms with Gasteiger partial charge in [0, 0.05) is 11.6 Å². The molecule has 8 heteroatoms. The van der Waals surface area contributed by atoms with E-state index < -0.39 is 0 Å². The van der Waals surface area contributed by atoms with Gasteiger partial charge in [0.15, 0.2) is 0 Å². The van der Waals surface area contributed by atoms with Gasteiger partial charge in [0.1, 0.15) is 24.1 Å². The summed E-state index contributed by atoms with van der Waals surface area (Å²) in [5.41, 5.74) is 1.56. The number of methoxy groups -OCH3 is 1. The van der Waals surface area contributed by atoms with Gasteiger partial charge in [-0.05, 0) is 48.6 Å². The summed E-state index contributed by atoms with van der Waals surface area (Å²) in [6, 6.07) is 9.31. The van der Waals surface area contributed by atoms with E-state index in [1.165, 1.54) is 21.9 Å². The van der Waals surface area contributed by atoms with Crippen LogP contribution in [0.25, 0.3) is 16.8 Å². The van der Waals surface area contributed by atoms with Gasteiger partial charge in [-0.3, -0.25) is 9.59 Å². The van der Waals surface area contributed by atoms with E-state index in [2.05, 4.69) is 29.4 Å². The van der Waals surface area contributed by atoms with Crippen LogP contribution in [0.3, 0.4) is 0 Å². The molecule has 4 rings (SSSR count). The molecule has 1 fully saturated rings. The number of amides is 1. The van der Waals surface area contributed by atoms with Crippen molar-refractivity contribution in [3.8, 4) is 17.0 Å². The summed E-state index contributed by atoms with van der Waals surface area (Å²) in [4.78, 5) is 25.4. The molecule has 1 aromatic carbocycles. The fourth-order valence-corrected chi connectivity index (χ4v) is 4.13. The highest BCUT2D eigenvalue weighted by atomic mass is 16.5. The minimum absolute atomic E-state index is 0.101. The molecule has 1 saturated carbocycles. The number of fused-ring (bicyclic) bond motifs is 1. The molecule has 30 heavy (non-hydrogen) atoms. The second-order valence-corrected chi connectivity index (χ2v) is 8.12. The van der Waals surface area contributed by atoms with Crippen molar-refractivity contribution in [2.45, 2.75) is 45.7 Å². The molecule has 2 aromatic heterocycles. The Morgan fingerprint density at radius 1 is 1.23 bits per heavy atom. The molecule has 2 heterocycles. The average Bonchev–Trinajstić information content (AvgIpc) is 3.19. The molecule has 8 nitrogen and oxygen atoms in total. The molecule has 3 unspecified atom stereocenters.